The molecule has 0 unspecified atom stereocenters. The molecule has 0 aromatic carbocycles. The van der Waals surface area contributed by atoms with Crippen molar-refractivity contribution in [3.8, 4) is 0 Å². The first-order chi connectivity index (χ1) is 8.83. The SMILES string of the molecule is CCn1cc(Cn2ccc(CNC3CC3)n2)cn1. The van der Waals surface area contributed by atoms with Crippen molar-refractivity contribution in [2.45, 2.75) is 45.4 Å². The molecule has 1 fully saturated rings. The van der Waals surface area contributed by atoms with Crippen LogP contribution in [0.5, 0.6) is 0 Å². The second kappa shape index (κ2) is 4.94. The fourth-order valence-corrected chi connectivity index (χ4v) is 1.97. The first kappa shape index (κ1) is 11.5. The molecule has 1 saturated carbocycles. The minimum absolute atomic E-state index is 0.734. The minimum atomic E-state index is 0.734. The highest BCUT2D eigenvalue weighted by Gasteiger charge is 2.20. The third-order valence-electron chi connectivity index (χ3n) is 3.20. The maximum atomic E-state index is 4.56. The van der Waals surface area contributed by atoms with Crippen LogP contribution in [0.1, 0.15) is 31.0 Å². The molecule has 96 valence electrons. The maximum absolute atomic E-state index is 4.56. The summed E-state index contributed by atoms with van der Waals surface area (Å²) in [6, 6.07) is 2.82. The van der Waals surface area contributed by atoms with Gasteiger partial charge in [0.05, 0.1) is 18.4 Å². The zero-order valence-corrected chi connectivity index (χ0v) is 10.7. The summed E-state index contributed by atoms with van der Waals surface area (Å²) in [5, 5.41) is 12.3. The van der Waals surface area contributed by atoms with Gasteiger partial charge in [-0.05, 0) is 25.8 Å². The van der Waals surface area contributed by atoms with E-state index >= 15 is 0 Å². The lowest BCUT2D eigenvalue weighted by atomic mass is 10.4. The van der Waals surface area contributed by atoms with Gasteiger partial charge in [-0.2, -0.15) is 10.2 Å². The molecule has 2 aromatic rings. The Morgan fingerprint density at radius 1 is 1.39 bits per heavy atom. The highest BCUT2D eigenvalue weighted by atomic mass is 15.3. The summed E-state index contributed by atoms with van der Waals surface area (Å²) in [5.74, 6) is 0. The molecular formula is C13H19N5. The second-order valence-electron chi connectivity index (χ2n) is 4.86. The number of aryl methyl sites for hydroxylation is 1. The molecule has 1 N–H and O–H groups in total. The highest BCUT2D eigenvalue weighted by molar-refractivity contribution is 5.06. The normalized spacial score (nSPS) is 15.2. The van der Waals surface area contributed by atoms with E-state index in [1.54, 1.807) is 0 Å². The molecule has 18 heavy (non-hydrogen) atoms. The van der Waals surface area contributed by atoms with Crippen LogP contribution in [0.25, 0.3) is 0 Å². The van der Waals surface area contributed by atoms with Crippen LogP contribution in [-0.2, 0) is 19.6 Å². The van der Waals surface area contributed by atoms with Gasteiger partial charge in [0.1, 0.15) is 0 Å². The first-order valence-corrected chi connectivity index (χ1v) is 6.60. The molecule has 1 aliphatic carbocycles. The predicted molar refractivity (Wildman–Crippen MR) is 69.1 cm³/mol. The molecule has 0 radical (unpaired) electrons. The van der Waals surface area contributed by atoms with Crippen molar-refractivity contribution in [1.29, 1.82) is 0 Å². The molecule has 0 saturated heterocycles. The molecular weight excluding hydrogens is 226 g/mol. The van der Waals surface area contributed by atoms with Crippen molar-refractivity contribution in [3.05, 3.63) is 35.9 Å². The topological polar surface area (TPSA) is 47.7 Å². The highest BCUT2D eigenvalue weighted by Crippen LogP contribution is 2.18. The average Bonchev–Trinajstić information content (AvgIpc) is 2.93. The third-order valence-corrected chi connectivity index (χ3v) is 3.20. The number of nitrogens with one attached hydrogen (secondary N) is 1. The summed E-state index contributed by atoms with van der Waals surface area (Å²) in [6.45, 7) is 4.68. The average molecular weight is 245 g/mol. The molecule has 2 aromatic heterocycles. The number of rotatable bonds is 6. The second-order valence-corrected chi connectivity index (χ2v) is 4.86. The van der Waals surface area contributed by atoms with E-state index in [-0.39, 0.29) is 0 Å². The van der Waals surface area contributed by atoms with Crippen LogP contribution in [-0.4, -0.2) is 25.6 Å². The predicted octanol–water partition coefficient (Wildman–Crippen LogP) is 1.40. The van der Waals surface area contributed by atoms with E-state index < -0.39 is 0 Å². The Morgan fingerprint density at radius 3 is 3.00 bits per heavy atom. The van der Waals surface area contributed by atoms with Crippen molar-refractivity contribution >= 4 is 0 Å². The monoisotopic (exact) mass is 245 g/mol. The Labute approximate surface area is 107 Å². The molecule has 0 atom stereocenters. The van der Waals surface area contributed by atoms with E-state index in [1.807, 2.05) is 21.8 Å². The Kier molecular flexibility index (Phi) is 3.15. The van der Waals surface area contributed by atoms with E-state index in [4.69, 9.17) is 0 Å². The Hall–Kier alpha value is -1.62. The van der Waals surface area contributed by atoms with Crippen LogP contribution in [0.4, 0.5) is 0 Å². The molecule has 0 aliphatic heterocycles. The summed E-state index contributed by atoms with van der Waals surface area (Å²) in [4.78, 5) is 0. The van der Waals surface area contributed by atoms with Crippen LogP contribution in [0, 0.1) is 0 Å². The van der Waals surface area contributed by atoms with Gasteiger partial charge in [-0.3, -0.25) is 9.36 Å². The molecule has 3 rings (SSSR count). The minimum Gasteiger partial charge on any atom is -0.308 e. The van der Waals surface area contributed by atoms with Crippen LogP contribution in [0.3, 0.4) is 0 Å². The number of nitrogens with zero attached hydrogens (tertiary/aromatic N) is 4. The molecule has 2 heterocycles. The zero-order chi connectivity index (χ0) is 12.4. The van der Waals surface area contributed by atoms with Gasteiger partial charge < -0.3 is 5.32 Å². The summed E-state index contributed by atoms with van der Waals surface area (Å²) in [7, 11) is 0. The number of hydrogen-bond donors (Lipinski definition) is 1. The molecule has 1 aliphatic rings. The largest absolute Gasteiger partial charge is 0.308 e. The maximum Gasteiger partial charge on any atom is 0.0762 e. The third kappa shape index (κ3) is 2.79. The molecule has 5 heteroatoms. The Bertz CT molecular complexity index is 509. The summed E-state index contributed by atoms with van der Waals surface area (Å²) < 4.78 is 3.91. The van der Waals surface area contributed by atoms with Gasteiger partial charge in [-0.15, -0.1) is 0 Å². The fraction of sp³-hybridized carbons (Fsp3) is 0.538. The van der Waals surface area contributed by atoms with Crippen LogP contribution in [0.15, 0.2) is 24.7 Å². The zero-order valence-electron chi connectivity index (χ0n) is 10.7. The van der Waals surface area contributed by atoms with Gasteiger partial charge in [0.15, 0.2) is 0 Å². The van der Waals surface area contributed by atoms with Crippen LogP contribution >= 0.6 is 0 Å². The van der Waals surface area contributed by atoms with Gasteiger partial charge in [0.25, 0.3) is 0 Å². The van der Waals surface area contributed by atoms with Gasteiger partial charge in [-0.1, -0.05) is 0 Å². The van der Waals surface area contributed by atoms with Gasteiger partial charge in [0.2, 0.25) is 0 Å². The van der Waals surface area contributed by atoms with Gasteiger partial charge >= 0.3 is 0 Å². The smallest absolute Gasteiger partial charge is 0.0762 e. The van der Waals surface area contributed by atoms with E-state index in [0.717, 1.165) is 31.4 Å². The number of hydrogen-bond acceptors (Lipinski definition) is 3. The van der Waals surface area contributed by atoms with Gasteiger partial charge in [-0.25, -0.2) is 0 Å². The lowest BCUT2D eigenvalue weighted by Crippen LogP contribution is -2.16. The Morgan fingerprint density at radius 2 is 2.28 bits per heavy atom. The fourth-order valence-electron chi connectivity index (χ4n) is 1.97. The van der Waals surface area contributed by atoms with Crippen LogP contribution in [0.2, 0.25) is 0 Å². The standard InChI is InChI=1S/C13H19N5/c1-2-17-9-11(7-15-17)10-18-6-5-13(16-18)8-14-12-3-4-12/h5-7,9,12,14H,2-4,8,10H2,1H3. The molecule has 0 bridgehead atoms. The first-order valence-electron chi connectivity index (χ1n) is 6.60. The van der Waals surface area contributed by atoms with Gasteiger partial charge in [0, 0.05) is 37.1 Å². The van der Waals surface area contributed by atoms with Crippen molar-refractivity contribution in [2.24, 2.45) is 0 Å². The van der Waals surface area contributed by atoms with Crippen molar-refractivity contribution < 1.29 is 0 Å². The van der Waals surface area contributed by atoms with Crippen LogP contribution < -0.4 is 5.32 Å². The lowest BCUT2D eigenvalue weighted by molar-refractivity contribution is 0.629. The summed E-state index contributed by atoms with van der Waals surface area (Å²) in [5.41, 5.74) is 2.31. The van der Waals surface area contributed by atoms with E-state index in [2.05, 4.69) is 34.7 Å². The Balaban J connectivity index is 1.58. The quantitative estimate of drug-likeness (QED) is 0.837. The van der Waals surface area contributed by atoms with E-state index in [0.29, 0.717) is 0 Å². The van der Waals surface area contributed by atoms with E-state index in [1.165, 1.54) is 18.4 Å². The molecule has 5 nitrogen and oxygen atoms in total. The van der Waals surface area contributed by atoms with Crippen molar-refractivity contribution in [2.75, 3.05) is 0 Å². The summed E-state index contributed by atoms with van der Waals surface area (Å²) in [6.07, 6.45) is 8.65. The lowest BCUT2D eigenvalue weighted by Gasteiger charge is -1.99. The van der Waals surface area contributed by atoms with Crippen molar-refractivity contribution in [3.63, 3.8) is 0 Å². The molecule has 0 amide bonds. The number of aromatic nitrogens is 4. The van der Waals surface area contributed by atoms with Crippen molar-refractivity contribution in [1.82, 2.24) is 24.9 Å². The van der Waals surface area contributed by atoms with E-state index in [9.17, 15) is 0 Å². The molecule has 0 spiro atoms. The summed E-state index contributed by atoms with van der Waals surface area (Å²) >= 11 is 0.